The lowest BCUT2D eigenvalue weighted by Gasteiger charge is -2.37. The van der Waals surface area contributed by atoms with Crippen molar-refractivity contribution in [3.8, 4) is 5.88 Å². The van der Waals surface area contributed by atoms with E-state index in [4.69, 9.17) is 19.9 Å². The number of nitrogens with two attached hydrogens (primary N) is 1. The fourth-order valence-electron chi connectivity index (χ4n) is 3.40. The highest BCUT2D eigenvalue weighted by atomic mass is 32.2. The molecule has 1 amide bonds. The molecule has 1 fully saturated rings. The average molecular weight is 492 g/mol. The van der Waals surface area contributed by atoms with E-state index in [1.165, 1.54) is 36.3 Å². The Bertz CT molecular complexity index is 1030. The maximum absolute atomic E-state index is 14.6. The molecule has 1 aliphatic heterocycles. The number of ether oxygens (including phenoxy) is 3. The summed E-state index contributed by atoms with van der Waals surface area (Å²) in [6.07, 6.45) is 3.06. The van der Waals surface area contributed by atoms with Gasteiger partial charge in [-0.3, -0.25) is 9.79 Å². The van der Waals surface area contributed by atoms with Crippen LogP contribution in [-0.4, -0.2) is 66.4 Å². The normalized spacial score (nSPS) is 16.9. The van der Waals surface area contributed by atoms with Crippen LogP contribution in [0.5, 0.6) is 5.88 Å². The van der Waals surface area contributed by atoms with Gasteiger partial charge in [0.25, 0.3) is 5.91 Å². The molecule has 1 saturated heterocycles. The first kappa shape index (κ1) is 25.9. The van der Waals surface area contributed by atoms with Crippen LogP contribution in [0.25, 0.3) is 0 Å². The van der Waals surface area contributed by atoms with Crippen molar-refractivity contribution < 1.29 is 23.4 Å². The van der Waals surface area contributed by atoms with Gasteiger partial charge in [-0.15, -0.1) is 0 Å². The van der Waals surface area contributed by atoms with Crippen molar-refractivity contribution in [2.75, 3.05) is 45.9 Å². The zero-order valence-corrected chi connectivity index (χ0v) is 20.6. The van der Waals surface area contributed by atoms with E-state index in [1.54, 1.807) is 20.2 Å². The number of nitrogens with zero attached hydrogens (tertiary/aromatic N) is 3. The lowest BCUT2D eigenvalue weighted by Crippen LogP contribution is -2.44. The highest BCUT2D eigenvalue weighted by Gasteiger charge is 2.34. The summed E-state index contributed by atoms with van der Waals surface area (Å²) in [4.78, 5) is 24.9. The molecular formula is C23H30FN5O4S. The fraction of sp³-hybridized carbons (Fsp3) is 0.478. The topological polar surface area (TPSA) is 121 Å². The highest BCUT2D eigenvalue weighted by Crippen LogP contribution is 2.31. The summed E-state index contributed by atoms with van der Waals surface area (Å²) in [6, 6.07) is 4.40. The number of amidine groups is 1. The van der Waals surface area contributed by atoms with Crippen LogP contribution in [0, 0.1) is 11.2 Å². The van der Waals surface area contributed by atoms with Gasteiger partial charge >= 0.3 is 0 Å². The summed E-state index contributed by atoms with van der Waals surface area (Å²) in [5, 5.41) is 3.12. The number of methoxy groups -OCH3 is 1. The van der Waals surface area contributed by atoms with Crippen LogP contribution >= 0.6 is 11.8 Å². The zero-order valence-electron chi connectivity index (χ0n) is 19.8. The summed E-state index contributed by atoms with van der Waals surface area (Å²) in [6.45, 7) is 6.06. The van der Waals surface area contributed by atoms with Crippen molar-refractivity contribution in [3.63, 3.8) is 0 Å². The van der Waals surface area contributed by atoms with Crippen molar-refractivity contribution in [3.05, 3.63) is 47.7 Å². The van der Waals surface area contributed by atoms with Gasteiger partial charge in [-0.2, -0.15) is 0 Å². The first-order valence-electron chi connectivity index (χ1n) is 10.7. The Morgan fingerprint density at radius 1 is 1.38 bits per heavy atom. The summed E-state index contributed by atoms with van der Waals surface area (Å²) >= 11 is 1.32. The minimum Gasteiger partial charge on any atom is -0.476 e. The number of rotatable bonds is 10. The Morgan fingerprint density at radius 3 is 2.74 bits per heavy atom. The molecule has 1 aliphatic rings. The Morgan fingerprint density at radius 2 is 2.15 bits per heavy atom. The maximum atomic E-state index is 14.6. The van der Waals surface area contributed by atoms with Gasteiger partial charge in [0, 0.05) is 30.0 Å². The van der Waals surface area contributed by atoms with Crippen LogP contribution < -0.4 is 15.8 Å². The molecule has 34 heavy (non-hydrogen) atoms. The molecule has 11 heteroatoms. The summed E-state index contributed by atoms with van der Waals surface area (Å²) in [7, 11) is 3.17. The minimum atomic E-state index is -0.550. The SMILES string of the molecule is CN=C(N)S[C@@](C)(COC)Cc1cc(NC(=O)c2cnc(OCC3(C)COC3)cn2)ccc1F. The van der Waals surface area contributed by atoms with Crippen LogP contribution in [-0.2, 0) is 15.9 Å². The van der Waals surface area contributed by atoms with Crippen molar-refractivity contribution in [1.29, 1.82) is 0 Å². The smallest absolute Gasteiger partial charge is 0.275 e. The average Bonchev–Trinajstić information content (AvgIpc) is 2.79. The molecule has 3 N–H and O–H groups in total. The first-order chi connectivity index (χ1) is 16.1. The summed E-state index contributed by atoms with van der Waals surface area (Å²) < 4.78 is 30.2. The molecule has 0 radical (unpaired) electrons. The summed E-state index contributed by atoms with van der Waals surface area (Å²) in [5.41, 5.74) is 6.82. The van der Waals surface area contributed by atoms with E-state index < -0.39 is 10.7 Å². The molecule has 0 aliphatic carbocycles. The van der Waals surface area contributed by atoms with Crippen LogP contribution in [0.4, 0.5) is 10.1 Å². The number of thioether (sulfide) groups is 1. The number of anilines is 1. The quantitative estimate of drug-likeness (QED) is 0.384. The lowest BCUT2D eigenvalue weighted by molar-refractivity contribution is -0.120. The van der Waals surface area contributed by atoms with Crippen molar-refractivity contribution in [1.82, 2.24) is 9.97 Å². The Kier molecular flexibility index (Phi) is 8.45. The number of benzene rings is 1. The fourth-order valence-corrected chi connectivity index (χ4v) is 4.40. The molecule has 0 bridgehead atoms. The number of carbonyl (C=O) groups excluding carboxylic acids is 1. The van der Waals surface area contributed by atoms with Gasteiger partial charge < -0.3 is 25.3 Å². The van der Waals surface area contributed by atoms with Crippen molar-refractivity contribution in [2.45, 2.75) is 25.0 Å². The summed E-state index contributed by atoms with van der Waals surface area (Å²) in [5.74, 6) is -0.522. The monoisotopic (exact) mass is 491 g/mol. The second kappa shape index (κ2) is 11.1. The van der Waals surface area contributed by atoms with Crippen LogP contribution in [0.1, 0.15) is 29.9 Å². The van der Waals surface area contributed by atoms with Gasteiger partial charge in [-0.1, -0.05) is 18.7 Å². The molecule has 2 aromatic rings. The van der Waals surface area contributed by atoms with E-state index >= 15 is 0 Å². The number of carbonyl (C=O) groups is 1. The molecule has 0 spiro atoms. The molecule has 1 aromatic carbocycles. The van der Waals surface area contributed by atoms with Gasteiger partial charge in [0.05, 0.1) is 38.8 Å². The number of halogens is 1. The molecule has 184 valence electrons. The number of amides is 1. The van der Waals surface area contributed by atoms with Crippen molar-refractivity contribution >= 4 is 28.5 Å². The van der Waals surface area contributed by atoms with E-state index in [1.807, 2.05) is 6.92 Å². The number of hydrogen-bond acceptors (Lipinski definition) is 8. The lowest BCUT2D eigenvalue weighted by atomic mass is 9.90. The van der Waals surface area contributed by atoms with Gasteiger partial charge in [-0.25, -0.2) is 14.4 Å². The second-order valence-electron chi connectivity index (χ2n) is 8.82. The third kappa shape index (κ3) is 6.87. The zero-order chi connectivity index (χ0) is 24.8. The molecule has 9 nitrogen and oxygen atoms in total. The molecule has 1 atom stereocenters. The van der Waals surface area contributed by atoms with Crippen LogP contribution in [0.3, 0.4) is 0 Å². The van der Waals surface area contributed by atoms with Gasteiger partial charge in [0.15, 0.2) is 5.17 Å². The Hall–Kier alpha value is -2.76. The molecule has 1 aromatic heterocycles. The molecule has 0 unspecified atom stereocenters. The van der Waals surface area contributed by atoms with E-state index in [0.717, 1.165) is 0 Å². The molecule has 0 saturated carbocycles. The Balaban J connectivity index is 1.66. The standard InChI is InChI=1S/C23H30FN5O4S/c1-22(11-32-12-22)13-33-19-10-27-18(9-28-19)20(30)29-16-5-6-17(24)15(7-16)8-23(2,14-31-4)34-21(25)26-3/h5-7,9-10H,8,11-14H2,1-4H3,(H2,25,26)(H,29,30)/t23-/m1/s1. The predicted molar refractivity (Wildman–Crippen MR) is 130 cm³/mol. The van der Waals surface area contributed by atoms with Crippen LogP contribution in [0.2, 0.25) is 0 Å². The molecule has 3 rings (SSSR count). The number of aliphatic imine (C=N–C) groups is 1. The Labute approximate surface area is 202 Å². The largest absolute Gasteiger partial charge is 0.476 e. The first-order valence-corrected chi connectivity index (χ1v) is 11.5. The maximum Gasteiger partial charge on any atom is 0.275 e. The van der Waals surface area contributed by atoms with Crippen LogP contribution in [0.15, 0.2) is 35.6 Å². The third-order valence-electron chi connectivity index (χ3n) is 5.22. The van der Waals surface area contributed by atoms with E-state index in [-0.39, 0.29) is 16.9 Å². The predicted octanol–water partition coefficient (Wildman–Crippen LogP) is 2.91. The van der Waals surface area contributed by atoms with Gasteiger partial charge in [0.2, 0.25) is 5.88 Å². The number of nitrogens with one attached hydrogen (secondary N) is 1. The minimum absolute atomic E-state index is 0.0229. The number of hydrogen-bond donors (Lipinski definition) is 2. The number of aromatic nitrogens is 2. The second-order valence-corrected chi connectivity index (χ2v) is 10.4. The van der Waals surface area contributed by atoms with Gasteiger partial charge in [0.1, 0.15) is 11.5 Å². The third-order valence-corrected chi connectivity index (χ3v) is 6.37. The molecule has 2 heterocycles. The van der Waals surface area contributed by atoms with E-state index in [0.29, 0.717) is 55.1 Å². The van der Waals surface area contributed by atoms with E-state index in [9.17, 15) is 9.18 Å². The van der Waals surface area contributed by atoms with Crippen molar-refractivity contribution in [2.24, 2.45) is 16.1 Å². The molecular weight excluding hydrogens is 461 g/mol. The highest BCUT2D eigenvalue weighted by molar-refractivity contribution is 8.15. The van der Waals surface area contributed by atoms with E-state index in [2.05, 4.69) is 27.2 Å². The van der Waals surface area contributed by atoms with Gasteiger partial charge in [-0.05, 0) is 37.1 Å².